The zero-order chi connectivity index (χ0) is 16.9. The van der Waals surface area contributed by atoms with Crippen LogP contribution in [0.4, 0.5) is 11.4 Å². The Bertz CT molecular complexity index is 713. The molecule has 0 aliphatic heterocycles. The van der Waals surface area contributed by atoms with Crippen LogP contribution in [0.15, 0.2) is 54.6 Å². The smallest absolute Gasteiger partial charge is 0.269 e. The molecule has 1 saturated carbocycles. The number of non-ortho nitro benzene ring substituents is 1. The Labute approximate surface area is 140 Å². The topological polar surface area (TPSA) is 72.2 Å². The zero-order valence-electron chi connectivity index (χ0n) is 13.4. The predicted molar refractivity (Wildman–Crippen MR) is 92.9 cm³/mol. The molecule has 5 nitrogen and oxygen atoms in total. The largest absolute Gasteiger partial charge is 0.377 e. The monoisotopic (exact) mass is 324 g/mol. The van der Waals surface area contributed by atoms with Gasteiger partial charge in [0.2, 0.25) is 0 Å². The van der Waals surface area contributed by atoms with E-state index in [0.29, 0.717) is 12.2 Å². The number of benzene rings is 2. The lowest BCUT2D eigenvalue weighted by Crippen LogP contribution is -2.30. The van der Waals surface area contributed by atoms with Crippen LogP contribution in [0.2, 0.25) is 0 Å². The van der Waals surface area contributed by atoms with E-state index in [-0.39, 0.29) is 17.6 Å². The normalized spacial score (nSPS) is 18.8. The standard InChI is InChI=1S/C19H20N2O3/c22-18-9-5-4-8-17(18)19(14-6-2-1-3-7-14)20-15-10-12-16(13-11-15)21(23)24/h1-3,6-7,10-13,17,19-20H,4-5,8-9H2/t17-,19-/m1/s1. The average molecular weight is 324 g/mol. The minimum Gasteiger partial charge on any atom is -0.377 e. The van der Waals surface area contributed by atoms with E-state index in [0.717, 1.165) is 30.5 Å². The molecule has 1 fully saturated rings. The fraction of sp³-hybridized carbons (Fsp3) is 0.316. The van der Waals surface area contributed by atoms with E-state index in [4.69, 9.17) is 0 Å². The summed E-state index contributed by atoms with van der Waals surface area (Å²) in [4.78, 5) is 22.8. The second-order valence-corrected chi connectivity index (χ2v) is 6.16. The number of nitrogens with zero attached hydrogens (tertiary/aromatic N) is 1. The Morgan fingerprint density at radius 3 is 2.38 bits per heavy atom. The van der Waals surface area contributed by atoms with Crippen LogP contribution in [0.3, 0.4) is 0 Å². The van der Waals surface area contributed by atoms with Gasteiger partial charge in [0.15, 0.2) is 0 Å². The van der Waals surface area contributed by atoms with Crippen molar-refractivity contribution in [1.29, 1.82) is 0 Å². The number of nitro groups is 1. The molecule has 1 N–H and O–H groups in total. The van der Waals surface area contributed by atoms with E-state index < -0.39 is 4.92 Å². The lowest BCUT2D eigenvalue weighted by Gasteiger charge is -2.31. The van der Waals surface area contributed by atoms with Gasteiger partial charge in [0, 0.05) is 30.2 Å². The van der Waals surface area contributed by atoms with Crippen molar-refractivity contribution >= 4 is 17.2 Å². The summed E-state index contributed by atoms with van der Waals surface area (Å²) in [5.41, 5.74) is 1.91. The van der Waals surface area contributed by atoms with Gasteiger partial charge in [-0.15, -0.1) is 0 Å². The van der Waals surface area contributed by atoms with Crippen LogP contribution in [-0.4, -0.2) is 10.7 Å². The van der Waals surface area contributed by atoms with Gasteiger partial charge in [0.25, 0.3) is 5.69 Å². The van der Waals surface area contributed by atoms with Crippen molar-refractivity contribution in [2.75, 3.05) is 5.32 Å². The number of ketones is 1. The fourth-order valence-electron chi connectivity index (χ4n) is 3.30. The Morgan fingerprint density at radius 1 is 1.04 bits per heavy atom. The summed E-state index contributed by atoms with van der Waals surface area (Å²) in [5.74, 6) is 0.237. The van der Waals surface area contributed by atoms with Crippen molar-refractivity contribution in [2.24, 2.45) is 5.92 Å². The number of anilines is 1. The van der Waals surface area contributed by atoms with E-state index in [1.807, 2.05) is 30.3 Å². The number of nitro benzene ring substituents is 1. The maximum atomic E-state index is 12.4. The number of carbonyl (C=O) groups is 1. The molecule has 5 heteroatoms. The molecule has 0 bridgehead atoms. The fourth-order valence-corrected chi connectivity index (χ4v) is 3.30. The molecule has 0 radical (unpaired) electrons. The van der Waals surface area contributed by atoms with Crippen molar-refractivity contribution in [1.82, 2.24) is 0 Å². The summed E-state index contributed by atoms with van der Waals surface area (Å²) in [5, 5.41) is 14.2. The summed E-state index contributed by atoms with van der Waals surface area (Å²) in [7, 11) is 0. The van der Waals surface area contributed by atoms with Gasteiger partial charge in [-0.05, 0) is 30.5 Å². The summed E-state index contributed by atoms with van der Waals surface area (Å²) in [6.45, 7) is 0. The molecule has 1 aliphatic rings. The molecule has 3 rings (SSSR count). The second kappa shape index (κ2) is 7.25. The van der Waals surface area contributed by atoms with E-state index in [1.54, 1.807) is 12.1 Å². The molecule has 2 atom stereocenters. The van der Waals surface area contributed by atoms with Crippen molar-refractivity contribution in [3.8, 4) is 0 Å². The van der Waals surface area contributed by atoms with Crippen molar-refractivity contribution in [3.63, 3.8) is 0 Å². The van der Waals surface area contributed by atoms with Crippen LogP contribution in [0, 0.1) is 16.0 Å². The quantitative estimate of drug-likeness (QED) is 0.649. The zero-order valence-corrected chi connectivity index (χ0v) is 13.4. The Morgan fingerprint density at radius 2 is 1.75 bits per heavy atom. The highest BCUT2D eigenvalue weighted by Gasteiger charge is 2.31. The van der Waals surface area contributed by atoms with Gasteiger partial charge >= 0.3 is 0 Å². The number of rotatable bonds is 5. The highest BCUT2D eigenvalue weighted by molar-refractivity contribution is 5.83. The van der Waals surface area contributed by atoms with Gasteiger partial charge in [-0.25, -0.2) is 0 Å². The molecular weight excluding hydrogens is 304 g/mol. The van der Waals surface area contributed by atoms with E-state index >= 15 is 0 Å². The van der Waals surface area contributed by atoms with Crippen LogP contribution < -0.4 is 5.32 Å². The molecule has 124 valence electrons. The van der Waals surface area contributed by atoms with E-state index in [2.05, 4.69) is 5.32 Å². The Balaban J connectivity index is 1.87. The number of hydrogen-bond acceptors (Lipinski definition) is 4. The summed E-state index contributed by atoms with van der Waals surface area (Å²) >= 11 is 0. The lowest BCUT2D eigenvalue weighted by molar-refractivity contribution is -0.384. The summed E-state index contributed by atoms with van der Waals surface area (Å²) in [6, 6.07) is 16.2. The molecule has 0 amide bonds. The van der Waals surface area contributed by atoms with Crippen LogP contribution in [0.25, 0.3) is 0 Å². The minimum absolute atomic E-state index is 0.0589. The van der Waals surface area contributed by atoms with E-state index in [9.17, 15) is 14.9 Å². The van der Waals surface area contributed by atoms with Crippen LogP contribution >= 0.6 is 0 Å². The van der Waals surface area contributed by atoms with Gasteiger partial charge in [-0.3, -0.25) is 14.9 Å². The number of hydrogen-bond donors (Lipinski definition) is 1. The minimum atomic E-state index is -0.414. The van der Waals surface area contributed by atoms with E-state index in [1.165, 1.54) is 12.1 Å². The number of nitrogens with one attached hydrogen (secondary N) is 1. The van der Waals surface area contributed by atoms with Crippen molar-refractivity contribution in [3.05, 3.63) is 70.3 Å². The molecule has 0 heterocycles. The van der Waals surface area contributed by atoms with Gasteiger partial charge in [-0.2, -0.15) is 0 Å². The molecule has 2 aromatic rings. The van der Waals surface area contributed by atoms with Crippen LogP contribution in [0.1, 0.15) is 37.3 Å². The lowest BCUT2D eigenvalue weighted by atomic mass is 9.80. The third-order valence-corrected chi connectivity index (χ3v) is 4.56. The van der Waals surface area contributed by atoms with Gasteiger partial charge in [0.1, 0.15) is 5.78 Å². The highest BCUT2D eigenvalue weighted by atomic mass is 16.6. The average Bonchev–Trinajstić information content (AvgIpc) is 2.61. The third-order valence-electron chi connectivity index (χ3n) is 4.56. The molecule has 24 heavy (non-hydrogen) atoms. The van der Waals surface area contributed by atoms with Gasteiger partial charge in [0.05, 0.1) is 11.0 Å². The molecule has 0 saturated heterocycles. The molecule has 1 aliphatic carbocycles. The SMILES string of the molecule is O=C1CCCC[C@H]1[C@H](Nc1ccc([N+](=O)[O-])cc1)c1ccccc1. The first-order valence-corrected chi connectivity index (χ1v) is 8.24. The summed E-state index contributed by atoms with van der Waals surface area (Å²) < 4.78 is 0. The maximum Gasteiger partial charge on any atom is 0.269 e. The first-order chi connectivity index (χ1) is 11.6. The third kappa shape index (κ3) is 3.62. The molecule has 0 unspecified atom stereocenters. The molecule has 0 aromatic heterocycles. The first-order valence-electron chi connectivity index (χ1n) is 8.24. The second-order valence-electron chi connectivity index (χ2n) is 6.16. The van der Waals surface area contributed by atoms with Crippen LogP contribution in [0.5, 0.6) is 0 Å². The first kappa shape index (κ1) is 16.2. The highest BCUT2D eigenvalue weighted by Crippen LogP contribution is 2.35. The molecule has 2 aromatic carbocycles. The maximum absolute atomic E-state index is 12.4. The molecule has 0 spiro atoms. The van der Waals surface area contributed by atoms with Crippen LogP contribution in [-0.2, 0) is 4.79 Å². The van der Waals surface area contributed by atoms with Crippen molar-refractivity contribution in [2.45, 2.75) is 31.7 Å². The number of carbonyl (C=O) groups excluding carboxylic acids is 1. The van der Waals surface area contributed by atoms with Gasteiger partial charge < -0.3 is 5.32 Å². The Hall–Kier alpha value is -2.69. The Kier molecular flexibility index (Phi) is 4.89. The molecular formula is C19H20N2O3. The van der Waals surface area contributed by atoms with Gasteiger partial charge in [-0.1, -0.05) is 36.8 Å². The number of Topliss-reactive ketones (excluding diaryl/α,β-unsaturated/α-hetero) is 1. The summed E-state index contributed by atoms with van der Waals surface area (Å²) in [6.07, 6.45) is 3.53. The predicted octanol–water partition coefficient (Wildman–Crippen LogP) is 4.51. The van der Waals surface area contributed by atoms with Crippen molar-refractivity contribution < 1.29 is 9.72 Å².